The van der Waals surface area contributed by atoms with Crippen molar-refractivity contribution in [2.24, 2.45) is 0 Å². The van der Waals surface area contributed by atoms with E-state index in [1.165, 1.54) is 11.1 Å². The third kappa shape index (κ3) is 2.89. The minimum Gasteiger partial charge on any atom is -0.376 e. The number of hydrogen-bond acceptors (Lipinski definition) is 2. The van der Waals surface area contributed by atoms with Crippen molar-refractivity contribution in [2.45, 2.75) is 11.8 Å². The van der Waals surface area contributed by atoms with Gasteiger partial charge in [0.1, 0.15) is 0 Å². The van der Waals surface area contributed by atoms with Gasteiger partial charge in [-0.15, -0.1) is 0 Å². The Hall–Kier alpha value is -0.540. The van der Waals surface area contributed by atoms with Gasteiger partial charge in [-0.05, 0) is 23.3 Å². The minimum atomic E-state index is 0.236. The molecule has 104 valence electrons. The second-order valence-electron chi connectivity index (χ2n) is 4.66. The van der Waals surface area contributed by atoms with E-state index in [4.69, 9.17) is 34.8 Å². The van der Waals surface area contributed by atoms with Gasteiger partial charge in [-0.3, -0.25) is 0 Å². The van der Waals surface area contributed by atoms with Crippen LogP contribution in [-0.4, -0.2) is 5.75 Å². The van der Waals surface area contributed by atoms with Crippen molar-refractivity contribution in [2.75, 3.05) is 11.1 Å². The van der Waals surface area contributed by atoms with Crippen LogP contribution in [0.5, 0.6) is 0 Å². The van der Waals surface area contributed by atoms with Gasteiger partial charge in [-0.2, -0.15) is 11.8 Å². The molecule has 1 atom stereocenters. The monoisotopic (exact) mass is 343 g/mol. The molecule has 3 rings (SSSR count). The van der Waals surface area contributed by atoms with E-state index >= 15 is 0 Å². The van der Waals surface area contributed by atoms with E-state index in [2.05, 4.69) is 29.6 Å². The lowest BCUT2D eigenvalue weighted by Gasteiger charge is -2.27. The van der Waals surface area contributed by atoms with Crippen molar-refractivity contribution < 1.29 is 0 Å². The fraction of sp³-hybridized carbons (Fsp3) is 0.200. The summed E-state index contributed by atoms with van der Waals surface area (Å²) >= 11 is 20.2. The molecule has 2 aromatic carbocycles. The maximum atomic E-state index is 6.24. The predicted octanol–water partition coefficient (Wildman–Crippen LogP) is 6.05. The number of thioether (sulfide) groups is 1. The Balaban J connectivity index is 1.91. The van der Waals surface area contributed by atoms with Gasteiger partial charge in [-0.1, -0.05) is 59.1 Å². The summed E-state index contributed by atoms with van der Waals surface area (Å²) in [4.78, 5) is 0. The topological polar surface area (TPSA) is 12.0 Å². The molecule has 5 heteroatoms. The molecular formula is C15H12Cl3NS. The van der Waals surface area contributed by atoms with E-state index in [1.807, 2.05) is 11.8 Å². The van der Waals surface area contributed by atoms with Crippen molar-refractivity contribution >= 4 is 52.3 Å². The van der Waals surface area contributed by atoms with E-state index in [1.54, 1.807) is 12.1 Å². The van der Waals surface area contributed by atoms with Gasteiger partial charge >= 0.3 is 0 Å². The lowest BCUT2D eigenvalue weighted by atomic mass is 10.0. The van der Waals surface area contributed by atoms with E-state index in [0.717, 1.165) is 17.2 Å². The summed E-state index contributed by atoms with van der Waals surface area (Å²) in [6, 6.07) is 12.2. The van der Waals surface area contributed by atoms with Gasteiger partial charge in [-0.25, -0.2) is 0 Å². The average Bonchev–Trinajstić information content (AvgIpc) is 2.45. The van der Waals surface area contributed by atoms with Gasteiger partial charge in [0, 0.05) is 11.5 Å². The number of hydrogen-bond donors (Lipinski definition) is 1. The molecule has 1 nitrogen and oxygen atoms in total. The van der Waals surface area contributed by atoms with Crippen molar-refractivity contribution in [3.8, 4) is 0 Å². The lowest BCUT2D eigenvalue weighted by Crippen LogP contribution is -2.18. The zero-order chi connectivity index (χ0) is 14.1. The molecule has 1 heterocycles. The van der Waals surface area contributed by atoms with Gasteiger partial charge in [0.25, 0.3) is 0 Å². The van der Waals surface area contributed by atoms with Gasteiger partial charge < -0.3 is 5.32 Å². The number of nitrogens with one attached hydrogen (secondary N) is 1. The second-order valence-corrected chi connectivity index (χ2v) is 6.91. The molecule has 1 unspecified atom stereocenters. The Labute approximate surface area is 137 Å². The summed E-state index contributed by atoms with van der Waals surface area (Å²) < 4.78 is 0. The molecule has 0 spiro atoms. The largest absolute Gasteiger partial charge is 0.376 e. The molecule has 0 aliphatic carbocycles. The Morgan fingerprint density at radius 2 is 1.75 bits per heavy atom. The molecule has 0 radical (unpaired) electrons. The Kier molecular flexibility index (Phi) is 4.37. The average molecular weight is 345 g/mol. The van der Waals surface area contributed by atoms with Crippen molar-refractivity contribution in [3.05, 3.63) is 62.6 Å². The summed E-state index contributed by atoms with van der Waals surface area (Å²) in [6.45, 7) is 0. The molecule has 0 saturated heterocycles. The van der Waals surface area contributed by atoms with E-state index in [0.29, 0.717) is 15.1 Å². The van der Waals surface area contributed by atoms with Crippen LogP contribution in [0.15, 0.2) is 36.4 Å². The Bertz CT molecular complexity index is 645. The molecule has 0 fully saturated rings. The van der Waals surface area contributed by atoms with Crippen molar-refractivity contribution in [3.63, 3.8) is 0 Å². The van der Waals surface area contributed by atoms with Gasteiger partial charge in [0.15, 0.2) is 0 Å². The first kappa shape index (κ1) is 14.4. The van der Waals surface area contributed by atoms with Gasteiger partial charge in [0.05, 0.1) is 26.8 Å². The Morgan fingerprint density at radius 3 is 2.60 bits per heavy atom. The third-order valence-corrected chi connectivity index (χ3v) is 5.43. The van der Waals surface area contributed by atoms with Crippen LogP contribution >= 0.6 is 46.6 Å². The smallest absolute Gasteiger partial charge is 0.0653 e. The quantitative estimate of drug-likeness (QED) is 0.666. The molecule has 0 aromatic heterocycles. The normalized spacial score (nSPS) is 17.6. The molecule has 0 amide bonds. The summed E-state index contributed by atoms with van der Waals surface area (Å²) in [5, 5.41) is 5.05. The van der Waals surface area contributed by atoms with Crippen LogP contribution in [-0.2, 0) is 5.75 Å². The van der Waals surface area contributed by atoms with Crippen LogP contribution in [0.3, 0.4) is 0 Å². The molecular weight excluding hydrogens is 333 g/mol. The van der Waals surface area contributed by atoms with Crippen LogP contribution in [0.4, 0.5) is 5.69 Å². The van der Waals surface area contributed by atoms with Crippen LogP contribution in [0.25, 0.3) is 0 Å². The highest BCUT2D eigenvalue weighted by molar-refractivity contribution is 7.98. The minimum absolute atomic E-state index is 0.236. The zero-order valence-electron chi connectivity index (χ0n) is 10.5. The van der Waals surface area contributed by atoms with E-state index < -0.39 is 0 Å². The van der Waals surface area contributed by atoms with E-state index in [9.17, 15) is 0 Å². The second kappa shape index (κ2) is 6.07. The SMILES string of the molecule is Clc1cc(Cl)c(NC2CSCc3ccccc32)cc1Cl. The number of benzene rings is 2. The Morgan fingerprint density at radius 1 is 1.00 bits per heavy atom. The lowest BCUT2D eigenvalue weighted by molar-refractivity contribution is 0.871. The van der Waals surface area contributed by atoms with Crippen LogP contribution in [0, 0.1) is 0 Å². The standard InChI is InChI=1S/C15H12Cl3NS/c16-11-5-13(18)14(6-12(11)17)19-15-8-20-7-9-3-1-2-4-10(9)15/h1-6,15,19H,7-8H2. The fourth-order valence-electron chi connectivity index (χ4n) is 2.32. The number of rotatable bonds is 2. The van der Waals surface area contributed by atoms with Crippen LogP contribution < -0.4 is 5.32 Å². The molecule has 0 saturated carbocycles. The van der Waals surface area contributed by atoms with Crippen LogP contribution in [0.1, 0.15) is 17.2 Å². The van der Waals surface area contributed by atoms with Crippen LogP contribution in [0.2, 0.25) is 15.1 Å². The molecule has 1 aliphatic heterocycles. The summed E-state index contributed by atoms with van der Waals surface area (Å²) in [6.07, 6.45) is 0. The molecule has 0 bridgehead atoms. The number of anilines is 1. The number of fused-ring (bicyclic) bond motifs is 1. The van der Waals surface area contributed by atoms with E-state index in [-0.39, 0.29) is 6.04 Å². The maximum Gasteiger partial charge on any atom is 0.0653 e. The molecule has 20 heavy (non-hydrogen) atoms. The number of halogens is 3. The predicted molar refractivity (Wildman–Crippen MR) is 90.4 cm³/mol. The summed E-state index contributed by atoms with van der Waals surface area (Å²) in [7, 11) is 0. The summed E-state index contributed by atoms with van der Waals surface area (Å²) in [5.74, 6) is 2.07. The molecule has 2 aromatic rings. The highest BCUT2D eigenvalue weighted by Crippen LogP contribution is 2.38. The molecule has 1 N–H and O–H groups in total. The fourth-order valence-corrected chi connectivity index (χ4v) is 4.02. The highest BCUT2D eigenvalue weighted by atomic mass is 35.5. The molecule has 1 aliphatic rings. The van der Waals surface area contributed by atoms with Crippen molar-refractivity contribution in [1.29, 1.82) is 0 Å². The van der Waals surface area contributed by atoms with Gasteiger partial charge in [0.2, 0.25) is 0 Å². The maximum absolute atomic E-state index is 6.24. The first-order chi connectivity index (χ1) is 9.65. The highest BCUT2D eigenvalue weighted by Gasteiger charge is 2.21. The first-order valence-corrected chi connectivity index (χ1v) is 8.50. The summed E-state index contributed by atoms with van der Waals surface area (Å²) in [5.41, 5.74) is 3.52. The zero-order valence-corrected chi connectivity index (χ0v) is 13.6. The third-order valence-electron chi connectivity index (χ3n) is 3.31. The first-order valence-electron chi connectivity index (χ1n) is 6.22. The van der Waals surface area contributed by atoms with Crippen molar-refractivity contribution in [1.82, 2.24) is 0 Å².